The molecule has 0 spiro atoms. The number of nitrogens with two attached hydrogens (primary N) is 1. The predicted octanol–water partition coefficient (Wildman–Crippen LogP) is 0.910. The fourth-order valence-corrected chi connectivity index (χ4v) is 1.28. The highest BCUT2D eigenvalue weighted by molar-refractivity contribution is 6.05. The molecule has 0 fully saturated rings. The average molecular weight is 189 g/mol. The molecule has 3 N–H and O–H groups in total. The molecular formula is C9H7N3O2. The third-order valence-corrected chi connectivity index (χ3v) is 1.95. The molecule has 5 heteroatoms. The van der Waals surface area contributed by atoms with Crippen molar-refractivity contribution in [2.75, 3.05) is 5.73 Å². The summed E-state index contributed by atoms with van der Waals surface area (Å²) in [6, 6.07) is 1.64. The number of hydrogen-bond acceptors (Lipinski definition) is 4. The molecule has 0 aliphatic carbocycles. The lowest BCUT2D eigenvalue weighted by atomic mass is 10.1. The smallest absolute Gasteiger partial charge is 0.337 e. The number of fused-ring (bicyclic) bond motifs is 1. The summed E-state index contributed by atoms with van der Waals surface area (Å²) in [5.74, 6) is -0.720. The van der Waals surface area contributed by atoms with Gasteiger partial charge < -0.3 is 10.8 Å². The topological polar surface area (TPSA) is 89.1 Å². The molecule has 0 unspecified atom stereocenters. The van der Waals surface area contributed by atoms with Crippen LogP contribution in [0.3, 0.4) is 0 Å². The van der Waals surface area contributed by atoms with Crippen LogP contribution in [0, 0.1) is 0 Å². The molecule has 0 amide bonds. The maximum Gasteiger partial charge on any atom is 0.337 e. The number of aromatic nitrogens is 2. The number of anilines is 1. The van der Waals surface area contributed by atoms with E-state index < -0.39 is 5.97 Å². The van der Waals surface area contributed by atoms with Crippen LogP contribution in [0.25, 0.3) is 10.8 Å². The first-order valence-corrected chi connectivity index (χ1v) is 3.91. The summed E-state index contributed by atoms with van der Waals surface area (Å²) in [7, 11) is 0. The number of pyridine rings is 2. The van der Waals surface area contributed by atoms with Crippen molar-refractivity contribution in [1.29, 1.82) is 0 Å². The molecule has 5 nitrogen and oxygen atoms in total. The van der Waals surface area contributed by atoms with Crippen LogP contribution in [0.15, 0.2) is 24.7 Å². The number of nitrogen functional groups attached to an aromatic ring is 1. The van der Waals surface area contributed by atoms with Crippen LogP contribution in [0.5, 0.6) is 0 Å². The summed E-state index contributed by atoms with van der Waals surface area (Å²) in [5.41, 5.74) is 5.71. The number of carboxylic acid groups (broad SMARTS) is 1. The van der Waals surface area contributed by atoms with E-state index in [0.29, 0.717) is 16.6 Å². The van der Waals surface area contributed by atoms with E-state index >= 15 is 0 Å². The Morgan fingerprint density at radius 3 is 2.86 bits per heavy atom. The van der Waals surface area contributed by atoms with Crippen molar-refractivity contribution in [2.45, 2.75) is 0 Å². The number of carbonyl (C=O) groups is 1. The van der Waals surface area contributed by atoms with Gasteiger partial charge in [0.2, 0.25) is 0 Å². The van der Waals surface area contributed by atoms with Gasteiger partial charge in [-0.3, -0.25) is 4.98 Å². The van der Waals surface area contributed by atoms with E-state index in [0.717, 1.165) is 0 Å². The van der Waals surface area contributed by atoms with Gasteiger partial charge in [-0.1, -0.05) is 0 Å². The lowest BCUT2D eigenvalue weighted by Gasteiger charge is -2.02. The lowest BCUT2D eigenvalue weighted by molar-refractivity contribution is 0.0698. The zero-order chi connectivity index (χ0) is 10.1. The standard InChI is InChI=1S/C9H7N3O2/c10-8-5-1-2-11-3-6(5)7(4-12-8)9(13)14/h1-4H,(H2,10,12)(H,13,14). The van der Waals surface area contributed by atoms with Gasteiger partial charge in [-0.25, -0.2) is 9.78 Å². The van der Waals surface area contributed by atoms with Crippen LogP contribution in [0.1, 0.15) is 10.4 Å². The minimum absolute atomic E-state index is 0.113. The van der Waals surface area contributed by atoms with E-state index in [-0.39, 0.29) is 5.56 Å². The van der Waals surface area contributed by atoms with E-state index in [4.69, 9.17) is 10.8 Å². The Balaban J connectivity index is 2.88. The number of hydrogen-bond donors (Lipinski definition) is 2. The number of nitrogens with zero attached hydrogens (tertiary/aromatic N) is 2. The monoisotopic (exact) mass is 189 g/mol. The van der Waals surface area contributed by atoms with Gasteiger partial charge in [0.25, 0.3) is 0 Å². The first-order valence-electron chi connectivity index (χ1n) is 3.91. The molecule has 2 heterocycles. The first-order chi connectivity index (χ1) is 6.70. The number of carboxylic acids is 1. The zero-order valence-electron chi connectivity index (χ0n) is 7.14. The van der Waals surface area contributed by atoms with Gasteiger partial charge in [-0.2, -0.15) is 0 Å². The van der Waals surface area contributed by atoms with Gasteiger partial charge in [0.05, 0.1) is 5.56 Å². The molecule has 0 radical (unpaired) electrons. The molecule has 0 aromatic carbocycles. The van der Waals surface area contributed by atoms with Crippen LogP contribution in [-0.4, -0.2) is 21.0 Å². The van der Waals surface area contributed by atoms with Crippen LogP contribution in [-0.2, 0) is 0 Å². The fourth-order valence-electron chi connectivity index (χ4n) is 1.28. The highest BCUT2D eigenvalue weighted by atomic mass is 16.4. The number of rotatable bonds is 1. The molecule has 0 aliphatic heterocycles. The quantitative estimate of drug-likeness (QED) is 0.695. The minimum Gasteiger partial charge on any atom is -0.478 e. The van der Waals surface area contributed by atoms with Crippen LogP contribution >= 0.6 is 0 Å². The van der Waals surface area contributed by atoms with Gasteiger partial charge in [0.1, 0.15) is 5.82 Å². The van der Waals surface area contributed by atoms with E-state index in [2.05, 4.69) is 9.97 Å². The SMILES string of the molecule is Nc1ncc(C(=O)O)c2cnccc12. The summed E-state index contributed by atoms with van der Waals surface area (Å²) in [6.45, 7) is 0. The Morgan fingerprint density at radius 1 is 1.36 bits per heavy atom. The Labute approximate surface area is 79.2 Å². The maximum atomic E-state index is 10.8. The van der Waals surface area contributed by atoms with Crippen molar-refractivity contribution in [3.05, 3.63) is 30.2 Å². The van der Waals surface area contributed by atoms with Gasteiger partial charge in [0.15, 0.2) is 0 Å². The summed E-state index contributed by atoms with van der Waals surface area (Å²) >= 11 is 0. The van der Waals surface area contributed by atoms with Gasteiger partial charge in [-0.05, 0) is 6.07 Å². The van der Waals surface area contributed by atoms with E-state index in [1.807, 2.05) is 0 Å². The van der Waals surface area contributed by atoms with E-state index in [1.54, 1.807) is 12.3 Å². The lowest BCUT2D eigenvalue weighted by Crippen LogP contribution is -2.01. The Morgan fingerprint density at radius 2 is 2.14 bits per heavy atom. The van der Waals surface area contributed by atoms with Crippen molar-refractivity contribution in [3.8, 4) is 0 Å². The Bertz CT molecular complexity index is 510. The first kappa shape index (κ1) is 8.43. The van der Waals surface area contributed by atoms with Crippen LogP contribution in [0.4, 0.5) is 5.82 Å². The predicted molar refractivity (Wildman–Crippen MR) is 50.9 cm³/mol. The van der Waals surface area contributed by atoms with Crippen LogP contribution in [0.2, 0.25) is 0 Å². The number of aromatic carboxylic acids is 1. The molecule has 2 rings (SSSR count). The molecule has 2 aromatic heterocycles. The second-order valence-corrected chi connectivity index (χ2v) is 2.78. The minimum atomic E-state index is -1.03. The van der Waals surface area contributed by atoms with Gasteiger partial charge in [0, 0.05) is 29.4 Å². The zero-order valence-corrected chi connectivity index (χ0v) is 7.14. The highest BCUT2D eigenvalue weighted by Crippen LogP contribution is 2.20. The Kier molecular flexibility index (Phi) is 1.78. The van der Waals surface area contributed by atoms with Crippen molar-refractivity contribution < 1.29 is 9.90 Å². The van der Waals surface area contributed by atoms with E-state index in [1.165, 1.54) is 12.4 Å². The summed E-state index contributed by atoms with van der Waals surface area (Å²) < 4.78 is 0. The maximum absolute atomic E-state index is 10.8. The largest absolute Gasteiger partial charge is 0.478 e. The average Bonchev–Trinajstić information content (AvgIpc) is 2.18. The molecular weight excluding hydrogens is 182 g/mol. The molecule has 0 atom stereocenters. The van der Waals surface area contributed by atoms with Crippen molar-refractivity contribution in [3.63, 3.8) is 0 Å². The van der Waals surface area contributed by atoms with Gasteiger partial charge >= 0.3 is 5.97 Å². The van der Waals surface area contributed by atoms with Crippen molar-refractivity contribution in [2.24, 2.45) is 0 Å². The fraction of sp³-hybridized carbons (Fsp3) is 0. The second-order valence-electron chi connectivity index (χ2n) is 2.78. The molecule has 0 bridgehead atoms. The molecule has 14 heavy (non-hydrogen) atoms. The summed E-state index contributed by atoms with van der Waals surface area (Å²) in [5, 5.41) is 9.98. The van der Waals surface area contributed by atoms with E-state index in [9.17, 15) is 4.79 Å². The molecule has 70 valence electrons. The second kappa shape index (κ2) is 2.95. The van der Waals surface area contributed by atoms with Crippen molar-refractivity contribution >= 4 is 22.6 Å². The molecule has 0 saturated carbocycles. The molecule has 0 saturated heterocycles. The third-order valence-electron chi connectivity index (χ3n) is 1.95. The Hall–Kier alpha value is -2.17. The summed E-state index contributed by atoms with van der Waals surface area (Å²) in [6.07, 6.45) is 4.25. The van der Waals surface area contributed by atoms with Gasteiger partial charge in [-0.15, -0.1) is 0 Å². The third kappa shape index (κ3) is 1.15. The normalized spacial score (nSPS) is 10.3. The highest BCUT2D eigenvalue weighted by Gasteiger charge is 2.10. The van der Waals surface area contributed by atoms with Crippen molar-refractivity contribution in [1.82, 2.24) is 9.97 Å². The molecule has 2 aromatic rings. The molecule has 0 aliphatic rings. The van der Waals surface area contributed by atoms with Crippen LogP contribution < -0.4 is 5.73 Å². The summed E-state index contributed by atoms with van der Waals surface area (Å²) in [4.78, 5) is 18.5.